The fourth-order valence-corrected chi connectivity index (χ4v) is 1.05. The molecular formula is C4H3BBr2N. The quantitative estimate of drug-likeness (QED) is 0.570. The van der Waals surface area contributed by atoms with Crippen molar-refractivity contribution in [3.63, 3.8) is 0 Å². The summed E-state index contributed by atoms with van der Waals surface area (Å²) in [6.45, 7) is 2.00. The van der Waals surface area contributed by atoms with Gasteiger partial charge < -0.3 is 4.90 Å². The van der Waals surface area contributed by atoms with Crippen LogP contribution in [-0.2, 0) is 0 Å². The minimum atomic E-state index is 0.884. The molecule has 0 N–H and O–H groups in total. The van der Waals surface area contributed by atoms with Gasteiger partial charge in [-0.3, -0.25) is 0 Å². The van der Waals surface area contributed by atoms with Gasteiger partial charge in [0.25, 0.3) is 0 Å². The van der Waals surface area contributed by atoms with E-state index in [1.54, 1.807) is 0 Å². The summed E-state index contributed by atoms with van der Waals surface area (Å²) in [5.74, 6) is 0. The van der Waals surface area contributed by atoms with E-state index in [1.165, 1.54) is 0 Å². The van der Waals surface area contributed by atoms with Crippen molar-refractivity contribution in [3.8, 4) is 0 Å². The van der Waals surface area contributed by atoms with Crippen LogP contribution in [0.2, 0.25) is 0 Å². The molecule has 1 aliphatic rings. The van der Waals surface area contributed by atoms with Crippen LogP contribution >= 0.6 is 31.9 Å². The Labute approximate surface area is 65.8 Å². The van der Waals surface area contributed by atoms with Gasteiger partial charge in [0.05, 0.1) is 4.62 Å². The predicted octanol–water partition coefficient (Wildman–Crippen LogP) is 2.04. The Kier molecular flexibility index (Phi) is 1.93. The molecule has 0 fully saturated rings. The summed E-state index contributed by atoms with van der Waals surface area (Å²) in [6, 6.07) is 0. The smallest absolute Gasteiger partial charge is 0.310 e. The molecule has 1 aliphatic heterocycles. The third-order valence-electron chi connectivity index (χ3n) is 0.899. The number of nitrogens with zero attached hydrogens (tertiary/aromatic N) is 1. The number of allylic oxidation sites excluding steroid dienone is 2. The normalized spacial score (nSPS) is 18.6. The summed E-state index contributed by atoms with van der Waals surface area (Å²) in [7, 11) is 1.81. The van der Waals surface area contributed by atoms with Crippen LogP contribution in [0, 0.1) is 0 Å². The van der Waals surface area contributed by atoms with Crippen molar-refractivity contribution < 1.29 is 0 Å². The highest BCUT2D eigenvalue weighted by molar-refractivity contribution is 9.21. The third-order valence-corrected chi connectivity index (χ3v) is 3.03. The maximum atomic E-state index is 3.99. The summed E-state index contributed by atoms with van der Waals surface area (Å²) in [5.41, 5.74) is 1.16. The molecule has 0 atom stereocenters. The fraction of sp³-hybridized carbons (Fsp3) is 0.250. The molecule has 0 saturated heterocycles. The van der Waals surface area contributed by atoms with Gasteiger partial charge in [-0.1, -0.05) is 5.47 Å². The van der Waals surface area contributed by atoms with Gasteiger partial charge in [0.15, 0.2) is 0 Å². The molecule has 41 valence electrons. The number of hydrogen-bond acceptors (Lipinski definition) is 1. The molecular weight excluding hydrogens is 233 g/mol. The van der Waals surface area contributed by atoms with E-state index in [2.05, 4.69) is 36.8 Å². The zero-order valence-electron chi connectivity index (χ0n) is 4.28. The van der Waals surface area contributed by atoms with Crippen molar-refractivity contribution in [1.29, 1.82) is 0 Å². The summed E-state index contributed by atoms with van der Waals surface area (Å²) in [5, 5.41) is 0. The standard InChI is InChI=1S/C4H3BBr2N/c1-2-3(6)4(7)8-5-2/h1H3. The predicted molar refractivity (Wildman–Crippen MR) is 43.7 cm³/mol. The van der Waals surface area contributed by atoms with Gasteiger partial charge >= 0.3 is 7.41 Å². The first-order chi connectivity index (χ1) is 3.72. The first-order valence-corrected chi connectivity index (χ1v) is 3.73. The van der Waals surface area contributed by atoms with Crippen molar-refractivity contribution in [3.05, 3.63) is 9.95 Å². The van der Waals surface area contributed by atoms with E-state index >= 15 is 0 Å². The van der Waals surface area contributed by atoms with Crippen LogP contribution in [-0.4, -0.2) is 12.0 Å². The van der Waals surface area contributed by atoms with Crippen molar-refractivity contribution in [1.82, 2.24) is 0 Å². The van der Waals surface area contributed by atoms with Crippen LogP contribution in [0.25, 0.3) is 0 Å². The highest BCUT2D eigenvalue weighted by Gasteiger charge is 2.11. The molecule has 0 aromatic rings. The second kappa shape index (κ2) is 2.35. The lowest BCUT2D eigenvalue weighted by atomic mass is 9.87. The van der Waals surface area contributed by atoms with Crippen LogP contribution in [0.1, 0.15) is 6.92 Å². The number of halogens is 2. The Morgan fingerprint density at radius 3 is 2.25 bits per heavy atom. The molecule has 1 radical (unpaired) electrons. The molecule has 8 heavy (non-hydrogen) atoms. The third kappa shape index (κ3) is 1.05. The molecule has 0 aliphatic carbocycles. The lowest BCUT2D eigenvalue weighted by Crippen LogP contribution is -1.80. The molecule has 0 bridgehead atoms. The van der Waals surface area contributed by atoms with E-state index in [4.69, 9.17) is 0 Å². The lowest BCUT2D eigenvalue weighted by Gasteiger charge is -1.86. The van der Waals surface area contributed by atoms with Crippen molar-refractivity contribution in [2.75, 3.05) is 0 Å². The summed E-state index contributed by atoms with van der Waals surface area (Å²) >= 11 is 6.60. The Morgan fingerprint density at radius 1 is 1.50 bits per heavy atom. The van der Waals surface area contributed by atoms with E-state index < -0.39 is 0 Å². The first-order valence-electron chi connectivity index (χ1n) is 2.15. The maximum Gasteiger partial charge on any atom is 0.310 e. The van der Waals surface area contributed by atoms with Gasteiger partial charge in [0, 0.05) is 4.48 Å². The van der Waals surface area contributed by atoms with Crippen LogP contribution in [0.15, 0.2) is 14.9 Å². The van der Waals surface area contributed by atoms with Gasteiger partial charge in [0.1, 0.15) is 0 Å². The molecule has 0 aromatic carbocycles. The van der Waals surface area contributed by atoms with E-state index in [0.717, 1.165) is 14.6 Å². The molecule has 0 amide bonds. The van der Waals surface area contributed by atoms with Gasteiger partial charge in [-0.15, -0.1) is 0 Å². The molecule has 0 saturated carbocycles. The van der Waals surface area contributed by atoms with E-state index in [-0.39, 0.29) is 0 Å². The Hall–Kier alpha value is 0.435. The van der Waals surface area contributed by atoms with E-state index in [9.17, 15) is 0 Å². The molecule has 1 nitrogen and oxygen atoms in total. The molecule has 0 aromatic heterocycles. The zero-order chi connectivity index (χ0) is 6.15. The Balaban J connectivity index is 2.88. The molecule has 0 spiro atoms. The minimum absolute atomic E-state index is 0.884. The van der Waals surface area contributed by atoms with Crippen LogP contribution < -0.4 is 0 Å². The largest absolute Gasteiger partial charge is 0.336 e. The lowest BCUT2D eigenvalue weighted by molar-refractivity contribution is 1.67. The average Bonchev–Trinajstić information content (AvgIpc) is 1.98. The summed E-state index contributed by atoms with van der Waals surface area (Å²) < 4.78 is 1.94. The molecule has 4 heteroatoms. The van der Waals surface area contributed by atoms with Crippen LogP contribution in [0.5, 0.6) is 0 Å². The highest BCUT2D eigenvalue weighted by atomic mass is 79.9. The van der Waals surface area contributed by atoms with Gasteiger partial charge in [-0.25, -0.2) is 0 Å². The Morgan fingerprint density at radius 2 is 2.12 bits per heavy atom. The van der Waals surface area contributed by atoms with Gasteiger partial charge in [-0.2, -0.15) is 0 Å². The first kappa shape index (κ1) is 6.55. The Bertz CT molecular complexity index is 167. The van der Waals surface area contributed by atoms with Crippen molar-refractivity contribution in [2.24, 2.45) is 4.90 Å². The van der Waals surface area contributed by atoms with Crippen LogP contribution in [0.4, 0.5) is 0 Å². The highest BCUT2D eigenvalue weighted by Crippen LogP contribution is 2.21. The van der Waals surface area contributed by atoms with Crippen molar-refractivity contribution >= 4 is 43.9 Å². The van der Waals surface area contributed by atoms with E-state index in [0.29, 0.717) is 0 Å². The maximum absolute atomic E-state index is 3.99. The van der Waals surface area contributed by atoms with Gasteiger partial charge in [0.2, 0.25) is 0 Å². The molecule has 1 rings (SSSR count). The molecule has 1 heterocycles. The zero-order valence-corrected chi connectivity index (χ0v) is 7.45. The van der Waals surface area contributed by atoms with E-state index in [1.807, 2.05) is 14.3 Å². The van der Waals surface area contributed by atoms with Gasteiger partial charge in [-0.05, 0) is 38.8 Å². The topological polar surface area (TPSA) is 12.4 Å². The number of hydrogen-bond donors (Lipinski definition) is 0. The number of rotatable bonds is 0. The minimum Gasteiger partial charge on any atom is -0.336 e. The summed E-state index contributed by atoms with van der Waals surface area (Å²) in [4.78, 5) is 3.99. The summed E-state index contributed by atoms with van der Waals surface area (Å²) in [6.07, 6.45) is 0. The molecule has 0 unspecified atom stereocenters. The SMILES string of the molecule is CC1=C(Br)C(Br)=N[B]1. The van der Waals surface area contributed by atoms with Crippen molar-refractivity contribution in [2.45, 2.75) is 6.92 Å². The van der Waals surface area contributed by atoms with Crippen LogP contribution in [0.3, 0.4) is 0 Å². The fourth-order valence-electron chi connectivity index (χ4n) is 0.430. The second-order valence-electron chi connectivity index (χ2n) is 1.55. The monoisotopic (exact) mass is 234 g/mol. The average molecular weight is 236 g/mol. The second-order valence-corrected chi connectivity index (χ2v) is 3.09.